The van der Waals surface area contributed by atoms with Crippen molar-refractivity contribution in [1.29, 1.82) is 0 Å². The second kappa shape index (κ2) is 12.3. The van der Waals surface area contributed by atoms with E-state index >= 15 is 0 Å². The lowest BCUT2D eigenvalue weighted by Crippen LogP contribution is -2.40. The van der Waals surface area contributed by atoms with Crippen molar-refractivity contribution in [1.82, 2.24) is 4.57 Å². The summed E-state index contributed by atoms with van der Waals surface area (Å²) in [6.45, 7) is 3.66. The van der Waals surface area contributed by atoms with Gasteiger partial charge in [0.25, 0.3) is 11.5 Å². The van der Waals surface area contributed by atoms with Gasteiger partial charge in [0.2, 0.25) is 0 Å². The Morgan fingerprint density at radius 1 is 0.978 bits per heavy atom. The van der Waals surface area contributed by atoms with Crippen molar-refractivity contribution in [2.24, 2.45) is 4.99 Å². The van der Waals surface area contributed by atoms with Crippen LogP contribution in [0.3, 0.4) is 0 Å². The summed E-state index contributed by atoms with van der Waals surface area (Å²) >= 11 is 1.22. The van der Waals surface area contributed by atoms with E-state index in [9.17, 15) is 14.4 Å². The highest BCUT2D eigenvalue weighted by molar-refractivity contribution is 7.07. The lowest BCUT2D eigenvalue weighted by Gasteiger charge is -2.25. The minimum atomic E-state index is -0.745. The largest absolute Gasteiger partial charge is 0.497 e. The Balaban J connectivity index is 1.42. The molecule has 0 fully saturated rings. The van der Waals surface area contributed by atoms with E-state index in [0.717, 1.165) is 11.1 Å². The summed E-state index contributed by atoms with van der Waals surface area (Å²) in [7, 11) is 2.91. The highest BCUT2D eigenvalue weighted by atomic mass is 32.1. The van der Waals surface area contributed by atoms with E-state index in [-0.39, 0.29) is 11.5 Å². The van der Waals surface area contributed by atoms with Crippen LogP contribution in [-0.2, 0) is 9.53 Å². The molecule has 9 nitrogen and oxygen atoms in total. The van der Waals surface area contributed by atoms with Gasteiger partial charge in [0.05, 0.1) is 41.6 Å². The molecule has 3 heterocycles. The quantitative estimate of drug-likeness (QED) is 0.250. The van der Waals surface area contributed by atoms with Gasteiger partial charge < -0.3 is 19.2 Å². The number of rotatable bonds is 7. The van der Waals surface area contributed by atoms with Gasteiger partial charge >= 0.3 is 5.97 Å². The molecule has 5 aromatic rings. The van der Waals surface area contributed by atoms with Crippen molar-refractivity contribution in [3.63, 3.8) is 0 Å². The van der Waals surface area contributed by atoms with E-state index in [1.54, 1.807) is 61.1 Å². The minimum absolute atomic E-state index is 0.305. The van der Waals surface area contributed by atoms with E-state index < -0.39 is 12.0 Å². The highest BCUT2D eigenvalue weighted by Crippen LogP contribution is 2.32. The monoisotopic (exact) mass is 619 g/mol. The molecule has 0 saturated heterocycles. The summed E-state index contributed by atoms with van der Waals surface area (Å²) in [5, 5.41) is 2.95. The third-order valence-electron chi connectivity index (χ3n) is 7.52. The first-order valence-electron chi connectivity index (χ1n) is 14.1. The molecule has 0 radical (unpaired) electrons. The number of ether oxygens (including phenoxy) is 2. The number of nitrogens with zero attached hydrogens (tertiary/aromatic N) is 2. The van der Waals surface area contributed by atoms with E-state index in [0.29, 0.717) is 54.7 Å². The molecule has 0 saturated carbocycles. The molecule has 226 valence electrons. The summed E-state index contributed by atoms with van der Waals surface area (Å²) in [5.41, 5.74) is 4.01. The Labute approximate surface area is 262 Å². The van der Waals surface area contributed by atoms with Crippen LogP contribution in [0.1, 0.15) is 40.2 Å². The van der Waals surface area contributed by atoms with Gasteiger partial charge in [-0.25, -0.2) is 9.79 Å². The van der Waals surface area contributed by atoms with Gasteiger partial charge in [-0.1, -0.05) is 47.7 Å². The number of thiazole rings is 1. The molecular weight excluding hydrogens is 590 g/mol. The molecule has 0 bridgehead atoms. The summed E-state index contributed by atoms with van der Waals surface area (Å²) in [4.78, 5) is 44.9. The Kier molecular flexibility index (Phi) is 8.06. The Hall–Kier alpha value is -5.48. The summed E-state index contributed by atoms with van der Waals surface area (Å²) in [5.74, 6) is 0.901. The third kappa shape index (κ3) is 5.75. The molecule has 1 atom stereocenters. The number of aryl methyl sites for hydroxylation is 1. The van der Waals surface area contributed by atoms with Gasteiger partial charge in [0.15, 0.2) is 4.80 Å². The molecule has 0 aliphatic carbocycles. The Morgan fingerprint density at radius 3 is 2.51 bits per heavy atom. The molecule has 10 heteroatoms. The molecule has 0 spiro atoms. The number of carbonyl (C=O) groups is 2. The van der Waals surface area contributed by atoms with E-state index in [2.05, 4.69) is 5.32 Å². The molecule has 45 heavy (non-hydrogen) atoms. The number of anilines is 1. The van der Waals surface area contributed by atoms with Crippen molar-refractivity contribution in [3.05, 3.63) is 138 Å². The second-order valence-electron chi connectivity index (χ2n) is 10.4. The number of fused-ring (bicyclic) bond motifs is 1. The number of carbonyl (C=O) groups excluding carboxylic acids is 2. The normalized spacial score (nSPS) is 14.5. The molecule has 1 aliphatic rings. The van der Waals surface area contributed by atoms with Crippen LogP contribution in [-0.4, -0.2) is 30.7 Å². The Bertz CT molecular complexity index is 2160. The maximum atomic E-state index is 14.1. The van der Waals surface area contributed by atoms with Crippen molar-refractivity contribution in [2.75, 3.05) is 19.5 Å². The lowest BCUT2D eigenvalue weighted by atomic mass is 9.95. The van der Waals surface area contributed by atoms with Crippen LogP contribution in [0.15, 0.2) is 110 Å². The van der Waals surface area contributed by atoms with Crippen molar-refractivity contribution >= 4 is 35.0 Å². The van der Waals surface area contributed by atoms with Crippen LogP contribution in [0.2, 0.25) is 0 Å². The Morgan fingerprint density at radius 2 is 1.78 bits per heavy atom. The molecule has 3 aromatic carbocycles. The number of hydrogen-bond acceptors (Lipinski definition) is 8. The SMILES string of the molecule is COC(=O)c1ccc(-c2ccc(/C=c3/sc4n(c3=O)[C@H](c3cccc(OC)c3)C(C(=O)Nc3ccccc3)=C(C)N=4)o2)c(C)c1. The molecule has 1 amide bonds. The van der Waals surface area contributed by atoms with Crippen molar-refractivity contribution in [2.45, 2.75) is 19.9 Å². The maximum absolute atomic E-state index is 14.1. The van der Waals surface area contributed by atoms with E-state index in [4.69, 9.17) is 18.9 Å². The average Bonchev–Trinajstić information content (AvgIpc) is 3.63. The molecule has 0 unspecified atom stereocenters. The first kappa shape index (κ1) is 29.6. The van der Waals surface area contributed by atoms with Crippen molar-refractivity contribution in [3.8, 4) is 17.1 Å². The number of allylic oxidation sites excluding steroid dienone is 1. The first-order chi connectivity index (χ1) is 21.8. The van der Waals surface area contributed by atoms with Crippen LogP contribution >= 0.6 is 11.3 Å². The van der Waals surface area contributed by atoms with Gasteiger partial charge in [-0.05, 0) is 73.5 Å². The maximum Gasteiger partial charge on any atom is 0.337 e. The van der Waals surface area contributed by atoms with Crippen LogP contribution in [0.4, 0.5) is 5.69 Å². The standard InChI is InChI=1S/C35H29N3O6S/c1-20-17-23(34(41)43-4)13-15-27(20)28-16-14-26(44-28)19-29-33(40)38-31(22-9-8-12-25(18-22)42-3)30(21(2)36-35(38)45-29)32(39)37-24-10-6-5-7-11-24/h5-19,31H,1-4H3,(H,37,39)/b29-19+/t31-/m1/s1. The number of furan rings is 1. The van der Waals surface area contributed by atoms with Crippen LogP contribution in [0.25, 0.3) is 17.4 Å². The number of nitrogens with one attached hydrogen (secondary N) is 1. The molecule has 2 aromatic heterocycles. The zero-order valence-electron chi connectivity index (χ0n) is 25.0. The van der Waals surface area contributed by atoms with Gasteiger partial charge in [0.1, 0.15) is 17.3 Å². The summed E-state index contributed by atoms with van der Waals surface area (Å²) in [6.07, 6.45) is 1.68. The smallest absolute Gasteiger partial charge is 0.337 e. The predicted molar refractivity (Wildman–Crippen MR) is 172 cm³/mol. The molecule has 1 N–H and O–H groups in total. The van der Waals surface area contributed by atoms with Gasteiger partial charge in [-0.15, -0.1) is 0 Å². The van der Waals surface area contributed by atoms with Gasteiger partial charge in [-0.3, -0.25) is 14.2 Å². The number of amides is 1. The molecular formula is C35H29N3O6S. The van der Waals surface area contributed by atoms with Crippen molar-refractivity contribution < 1.29 is 23.5 Å². The second-order valence-corrected chi connectivity index (χ2v) is 11.4. The number of aromatic nitrogens is 1. The zero-order valence-corrected chi connectivity index (χ0v) is 25.8. The number of methoxy groups -OCH3 is 2. The van der Waals surface area contributed by atoms with Crippen LogP contribution in [0, 0.1) is 6.92 Å². The number of hydrogen-bond donors (Lipinski definition) is 1. The predicted octanol–water partition coefficient (Wildman–Crippen LogP) is 5.24. The van der Waals surface area contributed by atoms with E-state index in [1.165, 1.54) is 18.4 Å². The number of para-hydroxylation sites is 1. The average molecular weight is 620 g/mol. The fraction of sp³-hybridized carbons (Fsp3) is 0.143. The highest BCUT2D eigenvalue weighted by Gasteiger charge is 2.33. The summed E-state index contributed by atoms with van der Waals surface area (Å²) < 4.78 is 18.4. The fourth-order valence-electron chi connectivity index (χ4n) is 5.35. The summed E-state index contributed by atoms with van der Waals surface area (Å²) in [6, 6.07) is 24.6. The van der Waals surface area contributed by atoms with Crippen LogP contribution in [0.5, 0.6) is 5.75 Å². The molecule has 6 rings (SSSR count). The third-order valence-corrected chi connectivity index (χ3v) is 8.50. The fourth-order valence-corrected chi connectivity index (χ4v) is 6.37. The first-order valence-corrected chi connectivity index (χ1v) is 14.9. The number of esters is 1. The molecule has 1 aliphatic heterocycles. The number of benzene rings is 3. The van der Waals surface area contributed by atoms with Gasteiger partial charge in [-0.2, -0.15) is 0 Å². The lowest BCUT2D eigenvalue weighted by molar-refractivity contribution is -0.113. The van der Waals surface area contributed by atoms with Crippen LogP contribution < -0.4 is 24.9 Å². The topological polar surface area (TPSA) is 112 Å². The van der Waals surface area contributed by atoms with Gasteiger partial charge in [0, 0.05) is 17.3 Å². The minimum Gasteiger partial charge on any atom is -0.497 e. The zero-order chi connectivity index (χ0) is 31.7. The van der Waals surface area contributed by atoms with E-state index in [1.807, 2.05) is 55.5 Å².